The lowest BCUT2D eigenvalue weighted by Gasteiger charge is -2.27. The van der Waals surface area contributed by atoms with Gasteiger partial charge in [-0.2, -0.15) is 0 Å². The second kappa shape index (κ2) is 5.25. The van der Waals surface area contributed by atoms with E-state index < -0.39 is 0 Å². The zero-order chi connectivity index (χ0) is 11.7. The maximum atomic E-state index is 5.96. The summed E-state index contributed by atoms with van der Waals surface area (Å²) in [5, 5.41) is 0. The van der Waals surface area contributed by atoms with E-state index in [0.29, 0.717) is 12.2 Å². The van der Waals surface area contributed by atoms with Gasteiger partial charge in [0, 0.05) is 25.7 Å². The van der Waals surface area contributed by atoms with E-state index in [2.05, 4.69) is 11.8 Å². The standard InChI is InChI=1S/C14H25NO2/c1-11-2-5-14(17-11)9-15(13-3-4-13)8-12-6-7-16-10-12/h11-14H,2-10H2,1H3/t11-,12+,14-/m1/s1. The summed E-state index contributed by atoms with van der Waals surface area (Å²) in [4.78, 5) is 2.68. The molecule has 2 aliphatic heterocycles. The molecule has 0 bridgehead atoms. The van der Waals surface area contributed by atoms with Gasteiger partial charge in [0.2, 0.25) is 0 Å². The van der Waals surface area contributed by atoms with Crippen molar-refractivity contribution in [3.8, 4) is 0 Å². The minimum absolute atomic E-state index is 0.482. The molecule has 2 heterocycles. The fraction of sp³-hybridized carbons (Fsp3) is 1.00. The molecule has 0 aromatic rings. The van der Waals surface area contributed by atoms with Crippen molar-refractivity contribution in [1.29, 1.82) is 0 Å². The van der Waals surface area contributed by atoms with Gasteiger partial charge >= 0.3 is 0 Å². The van der Waals surface area contributed by atoms with Crippen LogP contribution in [-0.4, -0.2) is 49.5 Å². The van der Waals surface area contributed by atoms with Crippen molar-refractivity contribution in [2.24, 2.45) is 5.92 Å². The van der Waals surface area contributed by atoms with Crippen LogP contribution in [0.1, 0.15) is 39.0 Å². The van der Waals surface area contributed by atoms with Gasteiger partial charge in [0.15, 0.2) is 0 Å². The number of hydrogen-bond acceptors (Lipinski definition) is 3. The van der Waals surface area contributed by atoms with E-state index in [-0.39, 0.29) is 0 Å². The Bertz CT molecular complexity index is 249. The molecule has 3 heteroatoms. The van der Waals surface area contributed by atoms with Crippen molar-refractivity contribution in [2.75, 3.05) is 26.3 Å². The van der Waals surface area contributed by atoms with Crippen LogP contribution in [0, 0.1) is 5.92 Å². The van der Waals surface area contributed by atoms with Gasteiger partial charge in [-0.15, -0.1) is 0 Å². The number of nitrogens with zero attached hydrogens (tertiary/aromatic N) is 1. The average Bonchev–Trinajstić information content (AvgIpc) is 2.89. The Morgan fingerprint density at radius 2 is 1.94 bits per heavy atom. The highest BCUT2D eigenvalue weighted by Crippen LogP contribution is 2.31. The van der Waals surface area contributed by atoms with Crippen LogP contribution in [0.15, 0.2) is 0 Å². The maximum Gasteiger partial charge on any atom is 0.0706 e. The Kier molecular flexibility index (Phi) is 3.69. The van der Waals surface area contributed by atoms with Crippen LogP contribution in [0.25, 0.3) is 0 Å². The fourth-order valence-corrected chi connectivity index (χ4v) is 3.15. The van der Waals surface area contributed by atoms with Gasteiger partial charge in [0.25, 0.3) is 0 Å². The van der Waals surface area contributed by atoms with Gasteiger partial charge in [-0.25, -0.2) is 0 Å². The molecular weight excluding hydrogens is 214 g/mol. The Balaban J connectivity index is 1.49. The van der Waals surface area contributed by atoms with Gasteiger partial charge in [-0.3, -0.25) is 4.90 Å². The highest BCUT2D eigenvalue weighted by Gasteiger charge is 2.34. The van der Waals surface area contributed by atoms with Crippen LogP contribution in [0.2, 0.25) is 0 Å². The molecule has 2 saturated heterocycles. The minimum Gasteiger partial charge on any atom is -0.381 e. The molecule has 0 N–H and O–H groups in total. The van der Waals surface area contributed by atoms with Crippen molar-refractivity contribution >= 4 is 0 Å². The molecule has 98 valence electrons. The van der Waals surface area contributed by atoms with Gasteiger partial charge in [-0.05, 0) is 44.9 Å². The summed E-state index contributed by atoms with van der Waals surface area (Å²) in [6.07, 6.45) is 7.53. The SMILES string of the molecule is C[C@@H]1CC[C@H](CN(C[C@@H]2CCOC2)C2CC2)O1. The first-order valence-electron chi connectivity index (χ1n) is 7.28. The van der Waals surface area contributed by atoms with E-state index in [1.54, 1.807) is 0 Å². The van der Waals surface area contributed by atoms with Gasteiger partial charge in [0.1, 0.15) is 0 Å². The van der Waals surface area contributed by atoms with Crippen molar-refractivity contribution in [3.63, 3.8) is 0 Å². The van der Waals surface area contributed by atoms with Crippen LogP contribution in [0.4, 0.5) is 0 Å². The average molecular weight is 239 g/mol. The summed E-state index contributed by atoms with van der Waals surface area (Å²) < 4.78 is 11.4. The van der Waals surface area contributed by atoms with E-state index >= 15 is 0 Å². The minimum atomic E-state index is 0.482. The second-order valence-corrected chi connectivity index (χ2v) is 6.06. The molecule has 3 fully saturated rings. The van der Waals surface area contributed by atoms with Crippen LogP contribution in [0.3, 0.4) is 0 Å². The molecule has 0 spiro atoms. The number of ether oxygens (including phenoxy) is 2. The highest BCUT2D eigenvalue weighted by molar-refractivity contribution is 4.88. The van der Waals surface area contributed by atoms with E-state index in [1.807, 2.05) is 0 Å². The molecule has 17 heavy (non-hydrogen) atoms. The molecule has 1 saturated carbocycles. The lowest BCUT2D eigenvalue weighted by atomic mass is 10.1. The topological polar surface area (TPSA) is 21.7 Å². The Morgan fingerprint density at radius 1 is 1.06 bits per heavy atom. The Morgan fingerprint density at radius 3 is 2.53 bits per heavy atom. The summed E-state index contributed by atoms with van der Waals surface area (Å²) in [6.45, 7) is 6.54. The van der Waals surface area contributed by atoms with E-state index in [4.69, 9.17) is 9.47 Å². The molecule has 3 rings (SSSR count). The molecule has 0 amide bonds. The van der Waals surface area contributed by atoms with Gasteiger partial charge in [-0.1, -0.05) is 0 Å². The molecule has 0 unspecified atom stereocenters. The van der Waals surface area contributed by atoms with E-state index in [0.717, 1.165) is 31.7 Å². The molecule has 0 aromatic heterocycles. The first kappa shape index (κ1) is 11.9. The zero-order valence-electron chi connectivity index (χ0n) is 10.9. The fourth-order valence-electron chi connectivity index (χ4n) is 3.15. The predicted octanol–water partition coefficient (Wildman–Crippen LogP) is 2.05. The van der Waals surface area contributed by atoms with Crippen molar-refractivity contribution in [2.45, 2.75) is 57.3 Å². The largest absolute Gasteiger partial charge is 0.381 e. The third-order valence-corrected chi connectivity index (χ3v) is 4.34. The van der Waals surface area contributed by atoms with E-state index in [1.165, 1.54) is 38.6 Å². The third-order valence-electron chi connectivity index (χ3n) is 4.34. The summed E-state index contributed by atoms with van der Waals surface area (Å²) in [5.74, 6) is 0.773. The molecule has 0 aromatic carbocycles. The van der Waals surface area contributed by atoms with Crippen LogP contribution in [-0.2, 0) is 9.47 Å². The van der Waals surface area contributed by atoms with E-state index in [9.17, 15) is 0 Å². The Labute approximate surface area is 104 Å². The normalized spacial score (nSPS) is 38.1. The zero-order valence-corrected chi connectivity index (χ0v) is 10.9. The van der Waals surface area contributed by atoms with Crippen LogP contribution in [0.5, 0.6) is 0 Å². The molecule has 3 atom stereocenters. The van der Waals surface area contributed by atoms with Crippen LogP contribution < -0.4 is 0 Å². The molecule has 0 radical (unpaired) electrons. The summed E-state index contributed by atoms with van der Waals surface area (Å²) >= 11 is 0. The lowest BCUT2D eigenvalue weighted by molar-refractivity contribution is 0.0256. The van der Waals surface area contributed by atoms with Crippen molar-refractivity contribution in [1.82, 2.24) is 4.90 Å². The monoisotopic (exact) mass is 239 g/mol. The molecule has 1 aliphatic carbocycles. The van der Waals surface area contributed by atoms with Crippen molar-refractivity contribution < 1.29 is 9.47 Å². The summed E-state index contributed by atoms with van der Waals surface area (Å²) in [7, 11) is 0. The smallest absolute Gasteiger partial charge is 0.0706 e. The predicted molar refractivity (Wildman–Crippen MR) is 67.1 cm³/mol. The summed E-state index contributed by atoms with van der Waals surface area (Å²) in [6, 6.07) is 0.857. The van der Waals surface area contributed by atoms with Gasteiger partial charge in [0.05, 0.1) is 18.8 Å². The first-order valence-corrected chi connectivity index (χ1v) is 7.28. The quantitative estimate of drug-likeness (QED) is 0.733. The van der Waals surface area contributed by atoms with Gasteiger partial charge < -0.3 is 9.47 Å². The highest BCUT2D eigenvalue weighted by atomic mass is 16.5. The molecule has 3 aliphatic rings. The van der Waals surface area contributed by atoms with Crippen LogP contribution >= 0.6 is 0 Å². The maximum absolute atomic E-state index is 5.96. The first-order chi connectivity index (χ1) is 8.31. The van der Waals surface area contributed by atoms with Crippen molar-refractivity contribution in [3.05, 3.63) is 0 Å². The molecule has 3 nitrogen and oxygen atoms in total. The lowest BCUT2D eigenvalue weighted by Crippen LogP contribution is -2.38. The number of hydrogen-bond donors (Lipinski definition) is 0. The number of rotatable bonds is 5. The summed E-state index contributed by atoms with van der Waals surface area (Å²) in [5.41, 5.74) is 0. The third kappa shape index (κ3) is 3.21. The molecular formula is C14H25NO2. The Hall–Kier alpha value is -0.120. The second-order valence-electron chi connectivity index (χ2n) is 6.06.